The van der Waals surface area contributed by atoms with Gasteiger partial charge in [-0.05, 0) is 65.3 Å². The lowest BCUT2D eigenvalue weighted by Crippen LogP contribution is -2.48. The van der Waals surface area contributed by atoms with E-state index in [1.54, 1.807) is 39.0 Å². The SMILES string of the molecule is CC(C)(C)OC[C@H](NC(=O)c1ccc(Br)cc1OCc1ccccc1)C(=O)OC(C)(C)C. The van der Waals surface area contributed by atoms with Gasteiger partial charge in [0, 0.05) is 4.47 Å². The molecule has 2 aromatic rings. The Morgan fingerprint density at radius 1 is 0.969 bits per heavy atom. The van der Waals surface area contributed by atoms with Gasteiger partial charge in [0.25, 0.3) is 5.91 Å². The summed E-state index contributed by atoms with van der Waals surface area (Å²) in [6, 6.07) is 13.8. The zero-order valence-electron chi connectivity index (χ0n) is 19.5. The molecule has 0 heterocycles. The molecule has 0 radical (unpaired) electrons. The molecule has 0 saturated carbocycles. The van der Waals surface area contributed by atoms with Crippen molar-refractivity contribution in [3.8, 4) is 5.75 Å². The van der Waals surface area contributed by atoms with Crippen LogP contribution in [0.3, 0.4) is 0 Å². The minimum Gasteiger partial charge on any atom is -0.488 e. The third kappa shape index (κ3) is 9.01. The zero-order valence-corrected chi connectivity index (χ0v) is 21.1. The van der Waals surface area contributed by atoms with E-state index in [0.717, 1.165) is 10.0 Å². The highest BCUT2D eigenvalue weighted by Crippen LogP contribution is 2.25. The van der Waals surface area contributed by atoms with Crippen molar-refractivity contribution in [1.82, 2.24) is 5.32 Å². The third-order valence-corrected chi connectivity index (χ3v) is 4.60. The molecule has 174 valence electrons. The summed E-state index contributed by atoms with van der Waals surface area (Å²) < 4.78 is 17.9. The first-order valence-corrected chi connectivity index (χ1v) is 11.3. The van der Waals surface area contributed by atoms with Gasteiger partial charge in [-0.15, -0.1) is 0 Å². The summed E-state index contributed by atoms with van der Waals surface area (Å²) in [5, 5.41) is 2.75. The van der Waals surface area contributed by atoms with E-state index >= 15 is 0 Å². The van der Waals surface area contributed by atoms with E-state index in [9.17, 15) is 9.59 Å². The maximum Gasteiger partial charge on any atom is 0.331 e. The molecule has 0 spiro atoms. The molecular weight excluding hydrogens is 474 g/mol. The highest BCUT2D eigenvalue weighted by Gasteiger charge is 2.29. The molecular formula is C25H32BrNO5. The Kier molecular flexibility index (Phi) is 8.87. The maximum atomic E-state index is 13.1. The summed E-state index contributed by atoms with van der Waals surface area (Å²) in [5.74, 6) is -0.603. The van der Waals surface area contributed by atoms with Crippen LogP contribution in [0, 0.1) is 0 Å². The monoisotopic (exact) mass is 505 g/mol. The smallest absolute Gasteiger partial charge is 0.331 e. The van der Waals surface area contributed by atoms with Crippen LogP contribution < -0.4 is 10.1 Å². The Balaban J connectivity index is 2.21. The van der Waals surface area contributed by atoms with Crippen LogP contribution in [-0.2, 0) is 20.9 Å². The quantitative estimate of drug-likeness (QED) is 0.493. The zero-order chi connectivity index (χ0) is 23.9. The van der Waals surface area contributed by atoms with Crippen LogP contribution in [0.15, 0.2) is 53.0 Å². The summed E-state index contributed by atoms with van der Waals surface area (Å²) >= 11 is 3.42. The Hall–Kier alpha value is -2.38. The fourth-order valence-corrected chi connectivity index (χ4v) is 2.99. The lowest BCUT2D eigenvalue weighted by atomic mass is 10.1. The molecule has 0 bridgehead atoms. The van der Waals surface area contributed by atoms with Crippen molar-refractivity contribution in [2.24, 2.45) is 0 Å². The van der Waals surface area contributed by atoms with E-state index in [1.165, 1.54) is 0 Å². The van der Waals surface area contributed by atoms with Crippen LogP contribution in [0.4, 0.5) is 0 Å². The Bertz CT molecular complexity index is 916. The summed E-state index contributed by atoms with van der Waals surface area (Å²) in [7, 11) is 0. The van der Waals surface area contributed by atoms with Gasteiger partial charge in [0.05, 0.1) is 17.8 Å². The van der Waals surface area contributed by atoms with Crippen molar-refractivity contribution in [1.29, 1.82) is 0 Å². The lowest BCUT2D eigenvalue weighted by Gasteiger charge is -2.27. The molecule has 32 heavy (non-hydrogen) atoms. The van der Waals surface area contributed by atoms with Gasteiger partial charge in [0.1, 0.15) is 18.0 Å². The number of hydrogen-bond donors (Lipinski definition) is 1. The van der Waals surface area contributed by atoms with Gasteiger partial charge in [-0.2, -0.15) is 0 Å². The van der Waals surface area contributed by atoms with Crippen LogP contribution in [0.1, 0.15) is 57.5 Å². The van der Waals surface area contributed by atoms with Gasteiger partial charge in [-0.3, -0.25) is 4.79 Å². The van der Waals surface area contributed by atoms with Crippen molar-refractivity contribution in [2.75, 3.05) is 6.61 Å². The second-order valence-corrected chi connectivity index (χ2v) is 10.3. The number of ether oxygens (including phenoxy) is 3. The average molecular weight is 506 g/mol. The second kappa shape index (κ2) is 11.0. The number of benzene rings is 2. The van der Waals surface area contributed by atoms with Crippen LogP contribution >= 0.6 is 15.9 Å². The van der Waals surface area contributed by atoms with Gasteiger partial charge in [0.2, 0.25) is 0 Å². The van der Waals surface area contributed by atoms with Gasteiger partial charge >= 0.3 is 5.97 Å². The van der Waals surface area contributed by atoms with Crippen molar-refractivity contribution in [3.63, 3.8) is 0 Å². The topological polar surface area (TPSA) is 73.9 Å². The van der Waals surface area contributed by atoms with E-state index in [-0.39, 0.29) is 6.61 Å². The Morgan fingerprint density at radius 3 is 2.22 bits per heavy atom. The number of nitrogens with one attached hydrogen (secondary N) is 1. The number of rotatable bonds is 8. The molecule has 0 aliphatic heterocycles. The van der Waals surface area contributed by atoms with Gasteiger partial charge in [-0.1, -0.05) is 46.3 Å². The Morgan fingerprint density at radius 2 is 1.62 bits per heavy atom. The number of halogens is 1. The predicted octanol–water partition coefficient (Wildman–Crippen LogP) is 5.28. The number of esters is 1. The molecule has 0 saturated heterocycles. The van der Waals surface area contributed by atoms with E-state index in [0.29, 0.717) is 17.9 Å². The first-order chi connectivity index (χ1) is 14.8. The van der Waals surface area contributed by atoms with Crippen LogP contribution in [0.2, 0.25) is 0 Å². The van der Waals surface area contributed by atoms with E-state index in [2.05, 4.69) is 21.2 Å². The fraction of sp³-hybridized carbons (Fsp3) is 0.440. The maximum absolute atomic E-state index is 13.1. The molecule has 1 N–H and O–H groups in total. The summed E-state index contributed by atoms with van der Waals surface area (Å²) in [4.78, 5) is 25.9. The molecule has 0 aliphatic rings. The summed E-state index contributed by atoms with van der Waals surface area (Å²) in [6.45, 7) is 11.3. The minimum atomic E-state index is -0.966. The standard InChI is InChI=1S/C25H32BrNO5/c1-24(2,3)31-16-20(23(29)32-25(4,5)6)27-22(28)19-13-12-18(26)14-21(19)30-15-17-10-8-7-9-11-17/h7-14,20H,15-16H2,1-6H3,(H,27,28)/t20-/m0/s1. The molecule has 2 rings (SSSR count). The number of carbonyl (C=O) groups excluding carboxylic acids is 2. The highest BCUT2D eigenvalue weighted by atomic mass is 79.9. The largest absolute Gasteiger partial charge is 0.488 e. The number of carbonyl (C=O) groups is 2. The molecule has 0 aromatic heterocycles. The average Bonchev–Trinajstić information content (AvgIpc) is 2.68. The molecule has 6 nitrogen and oxygen atoms in total. The molecule has 1 atom stereocenters. The fourth-order valence-electron chi connectivity index (χ4n) is 2.65. The van der Waals surface area contributed by atoms with Crippen molar-refractivity contribution < 1.29 is 23.8 Å². The third-order valence-electron chi connectivity index (χ3n) is 4.11. The van der Waals surface area contributed by atoms with Crippen LogP contribution in [-0.4, -0.2) is 35.7 Å². The van der Waals surface area contributed by atoms with Crippen molar-refractivity contribution >= 4 is 27.8 Å². The number of amides is 1. The minimum absolute atomic E-state index is 0.0130. The summed E-state index contributed by atoms with van der Waals surface area (Å²) in [5.41, 5.74) is 0.119. The lowest BCUT2D eigenvalue weighted by molar-refractivity contribution is -0.160. The van der Waals surface area contributed by atoms with Gasteiger partial charge in [0.15, 0.2) is 6.04 Å². The molecule has 1 amide bonds. The van der Waals surface area contributed by atoms with Gasteiger partial charge < -0.3 is 19.5 Å². The van der Waals surface area contributed by atoms with Crippen molar-refractivity contribution in [2.45, 2.75) is 65.4 Å². The molecule has 7 heteroatoms. The van der Waals surface area contributed by atoms with Crippen LogP contribution in [0.25, 0.3) is 0 Å². The van der Waals surface area contributed by atoms with Gasteiger partial charge in [-0.25, -0.2) is 4.79 Å². The second-order valence-electron chi connectivity index (χ2n) is 9.40. The highest BCUT2D eigenvalue weighted by molar-refractivity contribution is 9.10. The molecule has 2 aromatic carbocycles. The first-order valence-electron chi connectivity index (χ1n) is 10.5. The van der Waals surface area contributed by atoms with Crippen molar-refractivity contribution in [3.05, 3.63) is 64.1 Å². The number of hydrogen-bond acceptors (Lipinski definition) is 5. The van der Waals surface area contributed by atoms with Crippen LogP contribution in [0.5, 0.6) is 5.75 Å². The van der Waals surface area contributed by atoms with E-state index in [4.69, 9.17) is 14.2 Å². The Labute approximate surface area is 198 Å². The summed E-state index contributed by atoms with van der Waals surface area (Å²) in [6.07, 6.45) is 0. The first kappa shape index (κ1) is 25.9. The van der Waals surface area contributed by atoms with E-state index in [1.807, 2.05) is 51.1 Å². The predicted molar refractivity (Wildman–Crippen MR) is 128 cm³/mol. The molecule has 0 aliphatic carbocycles. The molecule has 0 unspecified atom stereocenters. The normalized spacial score (nSPS) is 12.7. The van der Waals surface area contributed by atoms with E-state index < -0.39 is 29.1 Å². The molecule has 0 fully saturated rings.